The molecule has 0 aliphatic carbocycles. The molecule has 1 aromatic carbocycles. The van der Waals surface area contributed by atoms with Crippen LogP contribution in [0.3, 0.4) is 0 Å². The third-order valence-corrected chi connectivity index (χ3v) is 2.27. The smallest absolute Gasteiger partial charge is 0.211 e. The molecule has 3 heteroatoms. The predicted octanol–water partition coefficient (Wildman–Crippen LogP) is 2.11. The molecule has 0 fully saturated rings. The van der Waals surface area contributed by atoms with Gasteiger partial charge in [0.2, 0.25) is 6.08 Å². The Hall–Kier alpha value is -1.05. The number of thioether (sulfide) groups is 1. The van der Waals surface area contributed by atoms with Crippen molar-refractivity contribution in [2.75, 3.05) is 12.3 Å². The summed E-state index contributed by atoms with van der Waals surface area (Å²) in [6.07, 6.45) is 1.52. The standard InChI is InChI=1S/C9H9NOS/c11-8-10-6-7-12-9-4-2-1-3-5-9/h1-5H,6-7H2. The molecule has 0 aliphatic rings. The molecule has 0 saturated heterocycles. The molecule has 0 unspecified atom stereocenters. The molecule has 0 atom stereocenters. The number of aliphatic imine (C=N–C) groups is 1. The highest BCUT2D eigenvalue weighted by atomic mass is 32.2. The van der Waals surface area contributed by atoms with E-state index in [-0.39, 0.29) is 0 Å². The monoisotopic (exact) mass is 179 g/mol. The van der Waals surface area contributed by atoms with Crippen molar-refractivity contribution in [3.8, 4) is 0 Å². The van der Waals surface area contributed by atoms with Crippen LogP contribution in [0.4, 0.5) is 0 Å². The van der Waals surface area contributed by atoms with Gasteiger partial charge < -0.3 is 0 Å². The van der Waals surface area contributed by atoms with Crippen LogP contribution < -0.4 is 0 Å². The number of isocyanates is 1. The first-order valence-corrected chi connectivity index (χ1v) is 4.63. The number of rotatable bonds is 4. The van der Waals surface area contributed by atoms with Crippen molar-refractivity contribution in [1.29, 1.82) is 0 Å². The molecule has 0 heterocycles. The predicted molar refractivity (Wildman–Crippen MR) is 50.2 cm³/mol. The Labute approximate surface area is 75.7 Å². The first kappa shape index (κ1) is 9.04. The SMILES string of the molecule is O=C=NCCSc1ccccc1. The van der Waals surface area contributed by atoms with Gasteiger partial charge in [-0.05, 0) is 12.1 Å². The van der Waals surface area contributed by atoms with Crippen LogP contribution >= 0.6 is 11.8 Å². The molecule has 0 spiro atoms. The third kappa shape index (κ3) is 3.37. The third-order valence-electron chi connectivity index (χ3n) is 1.28. The lowest BCUT2D eigenvalue weighted by Crippen LogP contribution is -1.83. The zero-order chi connectivity index (χ0) is 8.65. The molecule has 62 valence electrons. The van der Waals surface area contributed by atoms with Gasteiger partial charge in [-0.25, -0.2) is 9.79 Å². The average molecular weight is 179 g/mol. The maximum Gasteiger partial charge on any atom is 0.234 e. The van der Waals surface area contributed by atoms with Crippen molar-refractivity contribution >= 4 is 17.8 Å². The summed E-state index contributed by atoms with van der Waals surface area (Å²) in [4.78, 5) is 14.4. The van der Waals surface area contributed by atoms with Crippen LogP contribution in [0.5, 0.6) is 0 Å². The Morgan fingerprint density at radius 2 is 2.08 bits per heavy atom. The molecule has 0 aromatic heterocycles. The molecular weight excluding hydrogens is 170 g/mol. The quantitative estimate of drug-likeness (QED) is 0.306. The van der Waals surface area contributed by atoms with Gasteiger partial charge in [-0.3, -0.25) is 0 Å². The summed E-state index contributed by atoms with van der Waals surface area (Å²) in [6, 6.07) is 10.0. The van der Waals surface area contributed by atoms with Crippen molar-refractivity contribution in [2.24, 2.45) is 4.99 Å². The van der Waals surface area contributed by atoms with E-state index < -0.39 is 0 Å². The number of hydrogen-bond donors (Lipinski definition) is 0. The van der Waals surface area contributed by atoms with Crippen LogP contribution in [0.25, 0.3) is 0 Å². The van der Waals surface area contributed by atoms with Gasteiger partial charge in [0.1, 0.15) is 0 Å². The normalized spacial score (nSPS) is 9.00. The molecular formula is C9H9NOS. The Morgan fingerprint density at radius 3 is 2.75 bits per heavy atom. The van der Waals surface area contributed by atoms with Gasteiger partial charge in [0.05, 0.1) is 6.54 Å². The molecule has 1 aromatic rings. The van der Waals surface area contributed by atoms with Gasteiger partial charge in [-0.1, -0.05) is 18.2 Å². The highest BCUT2D eigenvalue weighted by Crippen LogP contribution is 2.15. The van der Waals surface area contributed by atoms with E-state index in [0.717, 1.165) is 5.75 Å². The summed E-state index contributed by atoms with van der Waals surface area (Å²) in [7, 11) is 0. The maximum atomic E-state index is 9.72. The first-order valence-electron chi connectivity index (χ1n) is 3.65. The van der Waals surface area contributed by atoms with E-state index >= 15 is 0 Å². The van der Waals surface area contributed by atoms with Crippen LogP contribution in [0.2, 0.25) is 0 Å². The van der Waals surface area contributed by atoms with E-state index in [2.05, 4.69) is 4.99 Å². The lowest BCUT2D eigenvalue weighted by atomic mass is 10.4. The second-order valence-electron chi connectivity index (χ2n) is 2.13. The topological polar surface area (TPSA) is 29.4 Å². The first-order chi connectivity index (χ1) is 5.93. The minimum absolute atomic E-state index is 0.545. The van der Waals surface area contributed by atoms with Crippen molar-refractivity contribution in [3.63, 3.8) is 0 Å². The number of hydrogen-bond acceptors (Lipinski definition) is 3. The van der Waals surface area contributed by atoms with Gasteiger partial charge in [-0.2, -0.15) is 0 Å². The lowest BCUT2D eigenvalue weighted by Gasteiger charge is -1.96. The summed E-state index contributed by atoms with van der Waals surface area (Å²) in [5.41, 5.74) is 0. The summed E-state index contributed by atoms with van der Waals surface area (Å²) >= 11 is 1.69. The Bertz CT molecular complexity index is 267. The van der Waals surface area contributed by atoms with Gasteiger partial charge in [0, 0.05) is 10.6 Å². The second kappa shape index (κ2) is 5.58. The van der Waals surface area contributed by atoms with Crippen molar-refractivity contribution < 1.29 is 4.79 Å². The van der Waals surface area contributed by atoms with Crippen LogP contribution in [0.15, 0.2) is 40.2 Å². The van der Waals surface area contributed by atoms with E-state index in [9.17, 15) is 4.79 Å². The van der Waals surface area contributed by atoms with Crippen LogP contribution in [0.1, 0.15) is 0 Å². The van der Waals surface area contributed by atoms with Gasteiger partial charge >= 0.3 is 0 Å². The zero-order valence-electron chi connectivity index (χ0n) is 6.56. The number of nitrogens with zero attached hydrogens (tertiary/aromatic N) is 1. The molecule has 0 amide bonds. The summed E-state index contributed by atoms with van der Waals surface area (Å²) < 4.78 is 0. The zero-order valence-corrected chi connectivity index (χ0v) is 7.38. The highest BCUT2D eigenvalue weighted by Gasteiger charge is 1.89. The summed E-state index contributed by atoms with van der Waals surface area (Å²) in [6.45, 7) is 0.545. The van der Waals surface area contributed by atoms with E-state index in [1.54, 1.807) is 11.8 Å². The molecule has 0 saturated carbocycles. The van der Waals surface area contributed by atoms with Gasteiger partial charge in [-0.15, -0.1) is 11.8 Å². The van der Waals surface area contributed by atoms with E-state index in [1.165, 1.54) is 11.0 Å². The summed E-state index contributed by atoms with van der Waals surface area (Å²) in [5.74, 6) is 0.833. The summed E-state index contributed by atoms with van der Waals surface area (Å²) in [5, 5.41) is 0. The average Bonchev–Trinajstić information content (AvgIpc) is 2.14. The van der Waals surface area contributed by atoms with Crippen molar-refractivity contribution in [1.82, 2.24) is 0 Å². The van der Waals surface area contributed by atoms with Crippen LogP contribution in [-0.2, 0) is 4.79 Å². The minimum atomic E-state index is 0.545. The Balaban J connectivity index is 2.29. The lowest BCUT2D eigenvalue weighted by molar-refractivity contribution is 0.563. The molecule has 12 heavy (non-hydrogen) atoms. The molecule has 0 radical (unpaired) electrons. The fraction of sp³-hybridized carbons (Fsp3) is 0.222. The second-order valence-corrected chi connectivity index (χ2v) is 3.30. The Kier molecular flexibility index (Phi) is 4.21. The maximum absolute atomic E-state index is 9.72. The molecule has 0 bridgehead atoms. The molecule has 0 aliphatic heterocycles. The van der Waals surface area contributed by atoms with E-state index in [0.29, 0.717) is 6.54 Å². The molecule has 0 N–H and O–H groups in total. The van der Waals surface area contributed by atoms with Crippen molar-refractivity contribution in [3.05, 3.63) is 30.3 Å². The largest absolute Gasteiger partial charge is 0.234 e. The fourth-order valence-electron chi connectivity index (χ4n) is 0.772. The molecule has 2 nitrogen and oxygen atoms in total. The van der Waals surface area contributed by atoms with Gasteiger partial charge in [0.15, 0.2) is 0 Å². The Morgan fingerprint density at radius 1 is 1.33 bits per heavy atom. The van der Waals surface area contributed by atoms with Gasteiger partial charge in [0.25, 0.3) is 0 Å². The highest BCUT2D eigenvalue weighted by molar-refractivity contribution is 7.99. The van der Waals surface area contributed by atoms with Crippen LogP contribution in [0, 0.1) is 0 Å². The van der Waals surface area contributed by atoms with Crippen molar-refractivity contribution in [2.45, 2.75) is 4.90 Å². The number of carbonyl (C=O) groups excluding carboxylic acids is 1. The number of benzene rings is 1. The molecule has 1 rings (SSSR count). The van der Waals surface area contributed by atoms with E-state index in [1.807, 2.05) is 30.3 Å². The fourth-order valence-corrected chi connectivity index (χ4v) is 1.54. The van der Waals surface area contributed by atoms with E-state index in [4.69, 9.17) is 0 Å². The van der Waals surface area contributed by atoms with Crippen LogP contribution in [-0.4, -0.2) is 18.4 Å². The minimum Gasteiger partial charge on any atom is -0.211 e.